The van der Waals surface area contributed by atoms with Crippen molar-refractivity contribution in [3.8, 4) is 17.1 Å². The first-order chi connectivity index (χ1) is 11.6. The van der Waals surface area contributed by atoms with Crippen LogP contribution in [0.1, 0.15) is 31.2 Å². The fraction of sp³-hybridized carbons (Fsp3) is 0.556. The molecule has 0 radical (unpaired) electrons. The lowest BCUT2D eigenvalue weighted by atomic mass is 9.93. The van der Waals surface area contributed by atoms with Gasteiger partial charge in [0, 0.05) is 12.1 Å². The average molecular weight is 331 g/mol. The Labute approximate surface area is 142 Å². The molecule has 130 valence electrons. The molecule has 2 aromatic rings. The molecule has 1 fully saturated rings. The topological polar surface area (TPSA) is 71.6 Å². The monoisotopic (exact) mass is 331 g/mol. The van der Waals surface area contributed by atoms with E-state index >= 15 is 0 Å². The van der Waals surface area contributed by atoms with E-state index in [0.29, 0.717) is 24.2 Å². The molecule has 1 aliphatic rings. The van der Waals surface area contributed by atoms with E-state index in [2.05, 4.69) is 15.0 Å². The maximum absolute atomic E-state index is 9.80. The molecule has 3 rings (SSSR count). The van der Waals surface area contributed by atoms with Crippen LogP contribution in [0.4, 0.5) is 0 Å². The van der Waals surface area contributed by atoms with Crippen LogP contribution in [0, 0.1) is 12.8 Å². The number of ether oxygens (including phenoxy) is 1. The number of aromatic nitrogens is 2. The lowest BCUT2D eigenvalue weighted by molar-refractivity contribution is 0.0556. The summed E-state index contributed by atoms with van der Waals surface area (Å²) in [6, 6.07) is 5.88. The molecule has 24 heavy (non-hydrogen) atoms. The molecule has 6 heteroatoms. The number of hydrogen-bond donors (Lipinski definition) is 1. The molecule has 1 aromatic heterocycles. The summed E-state index contributed by atoms with van der Waals surface area (Å²) in [5.41, 5.74) is 1.95. The minimum Gasteiger partial charge on any atom is -0.496 e. The average Bonchev–Trinajstić information content (AvgIpc) is 3.04. The smallest absolute Gasteiger partial charge is 0.241 e. The summed E-state index contributed by atoms with van der Waals surface area (Å²) >= 11 is 0. The van der Waals surface area contributed by atoms with E-state index in [1.165, 1.54) is 0 Å². The zero-order valence-electron chi connectivity index (χ0n) is 14.5. The zero-order chi connectivity index (χ0) is 17.1. The van der Waals surface area contributed by atoms with Gasteiger partial charge in [0.05, 0.1) is 19.8 Å². The molecule has 6 nitrogen and oxygen atoms in total. The van der Waals surface area contributed by atoms with Crippen LogP contribution in [0.15, 0.2) is 22.7 Å². The van der Waals surface area contributed by atoms with Gasteiger partial charge < -0.3 is 14.4 Å². The maximum Gasteiger partial charge on any atom is 0.241 e. The number of aliphatic hydroxyl groups is 1. The summed E-state index contributed by atoms with van der Waals surface area (Å²) in [5, 5.41) is 13.9. The van der Waals surface area contributed by atoms with Crippen LogP contribution >= 0.6 is 0 Å². The Hall–Kier alpha value is -1.92. The van der Waals surface area contributed by atoms with Crippen molar-refractivity contribution in [2.45, 2.75) is 39.3 Å². The van der Waals surface area contributed by atoms with E-state index in [-0.39, 0.29) is 6.10 Å². The Morgan fingerprint density at radius 2 is 2.29 bits per heavy atom. The van der Waals surface area contributed by atoms with Crippen LogP contribution in [0.3, 0.4) is 0 Å². The summed E-state index contributed by atoms with van der Waals surface area (Å²) in [4.78, 5) is 6.78. The highest BCUT2D eigenvalue weighted by atomic mass is 16.5. The lowest BCUT2D eigenvalue weighted by Gasteiger charge is -2.33. The highest BCUT2D eigenvalue weighted by Crippen LogP contribution is 2.26. The summed E-state index contributed by atoms with van der Waals surface area (Å²) < 4.78 is 10.8. The van der Waals surface area contributed by atoms with Gasteiger partial charge in [-0.2, -0.15) is 4.98 Å². The number of aryl methyl sites for hydroxylation is 1. The van der Waals surface area contributed by atoms with Gasteiger partial charge in [0.2, 0.25) is 11.7 Å². The first-order valence-electron chi connectivity index (χ1n) is 8.45. The van der Waals surface area contributed by atoms with Gasteiger partial charge in [-0.25, -0.2) is 0 Å². The van der Waals surface area contributed by atoms with Crippen molar-refractivity contribution >= 4 is 0 Å². The molecule has 0 spiro atoms. The third-order valence-corrected chi connectivity index (χ3v) is 4.72. The Bertz CT molecular complexity index is 684. The van der Waals surface area contributed by atoms with Crippen LogP contribution < -0.4 is 4.74 Å². The van der Waals surface area contributed by atoms with Crippen LogP contribution in [-0.4, -0.2) is 46.5 Å². The minimum absolute atomic E-state index is 0.272. The lowest BCUT2D eigenvalue weighted by Crippen LogP contribution is -2.39. The summed E-state index contributed by atoms with van der Waals surface area (Å²) in [5.74, 6) is 2.32. The van der Waals surface area contributed by atoms with Gasteiger partial charge >= 0.3 is 0 Å². The number of methoxy groups -OCH3 is 1. The van der Waals surface area contributed by atoms with E-state index in [4.69, 9.17) is 9.26 Å². The van der Waals surface area contributed by atoms with Crippen LogP contribution in [0.25, 0.3) is 11.4 Å². The minimum atomic E-state index is -0.272. The molecule has 2 atom stereocenters. The molecule has 1 aromatic carbocycles. The molecule has 2 unspecified atom stereocenters. The highest BCUT2D eigenvalue weighted by molar-refractivity contribution is 5.58. The molecule has 1 N–H and O–H groups in total. The quantitative estimate of drug-likeness (QED) is 0.908. The fourth-order valence-electron chi connectivity index (χ4n) is 3.22. The normalized spacial score (nSPS) is 20.1. The highest BCUT2D eigenvalue weighted by Gasteiger charge is 2.24. The number of hydrogen-bond acceptors (Lipinski definition) is 6. The van der Waals surface area contributed by atoms with Gasteiger partial charge in [0.15, 0.2) is 0 Å². The number of likely N-dealkylation sites (tertiary alicyclic amines) is 1. The third-order valence-electron chi connectivity index (χ3n) is 4.72. The van der Waals surface area contributed by atoms with Crippen molar-refractivity contribution in [3.63, 3.8) is 0 Å². The van der Waals surface area contributed by atoms with E-state index in [1.54, 1.807) is 7.11 Å². The summed E-state index contributed by atoms with van der Waals surface area (Å²) in [7, 11) is 1.66. The van der Waals surface area contributed by atoms with Crippen molar-refractivity contribution in [3.05, 3.63) is 29.7 Å². The number of aliphatic hydroxyl groups excluding tert-OH is 1. The molecule has 2 heterocycles. The third kappa shape index (κ3) is 3.76. The molecule has 1 aliphatic heterocycles. The van der Waals surface area contributed by atoms with Gasteiger partial charge in [0.25, 0.3) is 0 Å². The second-order valence-corrected chi connectivity index (χ2v) is 6.57. The van der Waals surface area contributed by atoms with E-state index < -0.39 is 0 Å². The van der Waals surface area contributed by atoms with Crippen LogP contribution in [0.5, 0.6) is 5.75 Å². The Morgan fingerprint density at radius 1 is 1.46 bits per heavy atom. The molecular formula is C18H25N3O3. The van der Waals surface area contributed by atoms with Gasteiger partial charge in [-0.15, -0.1) is 0 Å². The van der Waals surface area contributed by atoms with Crippen LogP contribution in [-0.2, 0) is 6.54 Å². The predicted octanol–water partition coefficient (Wildman–Crippen LogP) is 2.65. The molecule has 0 amide bonds. The van der Waals surface area contributed by atoms with Crippen molar-refractivity contribution < 1.29 is 14.4 Å². The molecule has 0 saturated carbocycles. The molecule has 0 aliphatic carbocycles. The summed E-state index contributed by atoms with van der Waals surface area (Å²) in [6.45, 7) is 6.36. The Morgan fingerprint density at radius 3 is 3.04 bits per heavy atom. The van der Waals surface area contributed by atoms with Gasteiger partial charge in [-0.1, -0.05) is 17.3 Å². The van der Waals surface area contributed by atoms with E-state index in [9.17, 15) is 5.11 Å². The van der Waals surface area contributed by atoms with Crippen molar-refractivity contribution in [2.75, 3.05) is 20.2 Å². The summed E-state index contributed by atoms with van der Waals surface area (Å²) in [6.07, 6.45) is 1.89. The largest absolute Gasteiger partial charge is 0.496 e. The fourth-order valence-corrected chi connectivity index (χ4v) is 3.22. The van der Waals surface area contributed by atoms with Crippen LogP contribution in [0.2, 0.25) is 0 Å². The first-order valence-corrected chi connectivity index (χ1v) is 8.45. The second kappa shape index (κ2) is 7.32. The number of nitrogens with zero attached hydrogens (tertiary/aromatic N) is 3. The van der Waals surface area contributed by atoms with E-state index in [1.807, 2.05) is 32.0 Å². The Balaban J connectivity index is 1.69. The van der Waals surface area contributed by atoms with Gasteiger partial charge in [-0.3, -0.25) is 4.90 Å². The van der Waals surface area contributed by atoms with E-state index in [0.717, 1.165) is 42.8 Å². The molecule has 0 bridgehead atoms. The first kappa shape index (κ1) is 16.9. The second-order valence-electron chi connectivity index (χ2n) is 6.57. The predicted molar refractivity (Wildman–Crippen MR) is 90.7 cm³/mol. The number of benzene rings is 1. The van der Waals surface area contributed by atoms with Gasteiger partial charge in [0.1, 0.15) is 5.75 Å². The molecule has 1 saturated heterocycles. The van der Waals surface area contributed by atoms with Crippen molar-refractivity contribution in [2.24, 2.45) is 5.92 Å². The standard InChI is InChI=1S/C18H25N3O3/c1-12-6-7-14(9-16(12)23-3)18-19-17(24-20-18)11-21-8-4-5-15(10-21)13(2)22/h6-7,9,13,15,22H,4-5,8,10-11H2,1-3H3. The SMILES string of the molecule is COc1cc(-c2noc(CN3CCCC(C(C)O)C3)n2)ccc1C. The van der Waals surface area contributed by atoms with Crippen molar-refractivity contribution in [1.29, 1.82) is 0 Å². The molecular weight excluding hydrogens is 306 g/mol. The van der Waals surface area contributed by atoms with Crippen molar-refractivity contribution in [1.82, 2.24) is 15.0 Å². The Kier molecular flexibility index (Phi) is 5.16. The number of rotatable bonds is 5. The van der Waals surface area contributed by atoms with Gasteiger partial charge in [-0.05, 0) is 50.8 Å². The maximum atomic E-state index is 9.80. The number of piperidine rings is 1. The zero-order valence-corrected chi connectivity index (χ0v) is 14.5.